The van der Waals surface area contributed by atoms with Gasteiger partial charge in [-0.15, -0.1) is 0 Å². The monoisotopic (exact) mass is 922 g/mol. The summed E-state index contributed by atoms with van der Waals surface area (Å²) in [6.45, 7) is -11.2. The molecule has 8 rings (SSSR count). The maximum atomic E-state index is 7.57. The molecular weight excluding hydrogens is 881 g/mol. The van der Waals surface area contributed by atoms with Crippen molar-refractivity contribution in [3.05, 3.63) is 243 Å². The Labute approximate surface area is 376 Å². The van der Waals surface area contributed by atoms with Gasteiger partial charge in [0, 0.05) is 0 Å². The third kappa shape index (κ3) is 8.26. The van der Waals surface area contributed by atoms with E-state index in [1.165, 1.54) is 42.4 Å². The van der Waals surface area contributed by atoms with Crippen molar-refractivity contribution < 1.29 is 0 Å². The van der Waals surface area contributed by atoms with Gasteiger partial charge in [0.25, 0.3) is 9.52 Å². The molecule has 2 radical (unpaired) electrons. The standard InChI is InChI=1S/C50H42P4S4Si/c55-51(41-25-9-1-10-26-41,42-27-11-2-12-28-42)49(52(56,43-29-13-3-14-30-43)44-31-15-4-16-32-44)59-50(53(57,45-33-17-5-18-34-45)46-35-19-6-20-36-46)54(58,47-37-21-7-22-38-47)48-39-23-8-24-40-48/h1-40,49-50H. The maximum absolute atomic E-state index is 7.57. The molecule has 0 amide bonds. The van der Waals surface area contributed by atoms with Crippen molar-refractivity contribution in [2.75, 3.05) is 0 Å². The van der Waals surface area contributed by atoms with Crippen LogP contribution in [-0.2, 0) is 49.0 Å². The number of hydrogen-bond acceptors (Lipinski definition) is 4. The second-order valence-corrected chi connectivity index (χ2v) is 36.8. The second kappa shape index (κ2) is 19.0. The Morgan fingerprint density at radius 3 is 0.458 bits per heavy atom. The summed E-state index contributed by atoms with van der Waals surface area (Å²) in [4.78, 5) is 0. The van der Waals surface area contributed by atoms with Gasteiger partial charge in [0.15, 0.2) is 0 Å². The molecule has 0 fully saturated rings. The van der Waals surface area contributed by atoms with E-state index >= 15 is 0 Å². The average molecular weight is 923 g/mol. The van der Waals surface area contributed by atoms with Gasteiger partial charge in [0.2, 0.25) is 0 Å². The lowest BCUT2D eigenvalue weighted by Crippen LogP contribution is -2.49. The van der Waals surface area contributed by atoms with Crippen LogP contribution in [0.5, 0.6) is 0 Å². The van der Waals surface area contributed by atoms with Crippen LogP contribution >= 0.6 is 25.9 Å². The molecule has 8 aromatic carbocycles. The second-order valence-electron chi connectivity index (χ2n) is 14.2. The first-order valence-corrected chi connectivity index (χ1v) is 32.1. The van der Waals surface area contributed by atoms with E-state index in [0.717, 1.165) is 0 Å². The fourth-order valence-electron chi connectivity index (χ4n) is 7.93. The van der Waals surface area contributed by atoms with E-state index in [2.05, 4.69) is 243 Å². The fraction of sp³-hybridized carbons (Fsp3) is 0.0400. The van der Waals surface area contributed by atoms with E-state index < -0.39 is 25.9 Å². The van der Waals surface area contributed by atoms with E-state index in [4.69, 9.17) is 49.0 Å². The molecule has 0 aliphatic rings. The lowest BCUT2D eigenvalue weighted by molar-refractivity contribution is 1.63. The van der Waals surface area contributed by atoms with Gasteiger partial charge in [-0.05, 0) is 123 Å². The zero-order chi connectivity index (χ0) is 40.8. The lowest BCUT2D eigenvalue weighted by atomic mass is 10.4. The summed E-state index contributed by atoms with van der Waals surface area (Å²) in [7, 11) is 0.205. The molecule has 0 saturated carbocycles. The summed E-state index contributed by atoms with van der Waals surface area (Å²) < 4.78 is 0. The molecule has 0 unspecified atom stereocenters. The average Bonchev–Trinajstić information content (AvgIpc) is 3.33. The van der Waals surface area contributed by atoms with Gasteiger partial charge in [0.05, 0.1) is 42.4 Å². The molecule has 0 aromatic heterocycles. The summed E-state index contributed by atoms with van der Waals surface area (Å²) in [5.74, 6) is 0. The van der Waals surface area contributed by atoms with Crippen molar-refractivity contribution in [2.24, 2.45) is 0 Å². The minimum atomic E-state index is -2.81. The van der Waals surface area contributed by atoms with E-state index in [1.54, 1.807) is 0 Å². The molecule has 0 aliphatic carbocycles. The summed E-state index contributed by atoms with van der Waals surface area (Å²) in [6, 6.07) is 87.1. The molecule has 9 heteroatoms. The predicted molar refractivity (Wildman–Crippen MR) is 279 cm³/mol. The third-order valence-electron chi connectivity index (χ3n) is 10.8. The van der Waals surface area contributed by atoms with Crippen molar-refractivity contribution in [3.8, 4) is 0 Å². The van der Waals surface area contributed by atoms with Gasteiger partial charge in [0.1, 0.15) is 10.0 Å². The first kappa shape index (κ1) is 42.8. The number of hydrogen-bond donors (Lipinski definition) is 0. The molecule has 0 N–H and O–H groups in total. The smallest absolute Gasteiger partial charge is 0.253 e. The Morgan fingerprint density at radius 2 is 0.339 bits per heavy atom. The molecule has 0 atom stereocenters. The highest BCUT2D eigenvalue weighted by molar-refractivity contribution is 8.60. The third-order valence-corrected chi connectivity index (χ3v) is 45.0. The Balaban J connectivity index is 1.55. The van der Waals surface area contributed by atoms with E-state index in [9.17, 15) is 0 Å². The van der Waals surface area contributed by atoms with Crippen LogP contribution in [-0.4, -0.2) is 19.6 Å². The van der Waals surface area contributed by atoms with Crippen LogP contribution < -0.4 is 42.4 Å². The Hall–Kier alpha value is -2.90. The van der Waals surface area contributed by atoms with Crippen LogP contribution in [0.25, 0.3) is 0 Å². The van der Waals surface area contributed by atoms with Crippen LogP contribution in [0, 0.1) is 0 Å². The normalized spacial score (nSPS) is 12.4. The highest BCUT2D eigenvalue weighted by Crippen LogP contribution is 2.81. The largest absolute Gasteiger partial charge is 0.542 e. The van der Waals surface area contributed by atoms with Crippen LogP contribution in [0.15, 0.2) is 243 Å². The van der Waals surface area contributed by atoms with Crippen LogP contribution in [0.4, 0.5) is 0 Å². The van der Waals surface area contributed by atoms with Gasteiger partial charge in [-0.25, -0.2) is 0 Å². The lowest BCUT2D eigenvalue weighted by Gasteiger charge is -2.53. The highest BCUT2D eigenvalue weighted by atomic mass is 32.7. The van der Waals surface area contributed by atoms with Gasteiger partial charge in [-0.2, -0.15) is 0 Å². The fourth-order valence-corrected chi connectivity index (χ4v) is 44.8. The van der Waals surface area contributed by atoms with Gasteiger partial charge in [-0.3, -0.25) is 0 Å². The van der Waals surface area contributed by atoms with Crippen molar-refractivity contribution >= 4 is 127 Å². The summed E-state index contributed by atoms with van der Waals surface area (Å²) in [5.41, 5.74) is 0. The molecular formula is C50H42P4S4Si. The van der Waals surface area contributed by atoms with Crippen molar-refractivity contribution in [1.82, 2.24) is 0 Å². The van der Waals surface area contributed by atoms with Crippen LogP contribution in [0.3, 0.4) is 0 Å². The minimum Gasteiger partial charge on any atom is -0.542 e. The Kier molecular flexibility index (Phi) is 13.8. The summed E-state index contributed by atoms with van der Waals surface area (Å²) in [6.07, 6.45) is 0. The molecule has 0 nitrogen and oxygen atoms in total. The van der Waals surface area contributed by atoms with Gasteiger partial charge < -0.3 is 49.0 Å². The van der Waals surface area contributed by atoms with Crippen molar-refractivity contribution in [3.63, 3.8) is 0 Å². The van der Waals surface area contributed by atoms with Crippen LogP contribution in [0.1, 0.15) is 0 Å². The SMILES string of the molecule is [S-][P+](c1ccccc1)(c1ccccc1)C([Si]C([P+]([S-])(c1ccccc1)c1ccccc1)[P+]([S-])(c1ccccc1)c1ccccc1)[P+]([S-])(c1ccccc1)c1ccccc1. The van der Waals surface area contributed by atoms with Crippen molar-refractivity contribution in [1.29, 1.82) is 0 Å². The van der Waals surface area contributed by atoms with Gasteiger partial charge >= 0.3 is 0 Å². The summed E-state index contributed by atoms with van der Waals surface area (Å²) in [5, 5.41) is 8.97. The predicted octanol–water partition coefficient (Wildman–Crippen LogP) is 9.78. The molecule has 0 spiro atoms. The first-order chi connectivity index (χ1) is 28.8. The molecule has 0 heterocycles. The quantitative estimate of drug-likeness (QED) is 0.0606. The maximum Gasteiger partial charge on any atom is 0.253 e. The van der Waals surface area contributed by atoms with E-state index in [0.29, 0.717) is 0 Å². The van der Waals surface area contributed by atoms with Crippen LogP contribution in [0.2, 0.25) is 0 Å². The minimum absolute atomic E-state index is 0.177. The molecule has 59 heavy (non-hydrogen) atoms. The number of benzene rings is 8. The molecule has 290 valence electrons. The number of rotatable bonds is 14. The molecule has 0 aliphatic heterocycles. The zero-order valence-electron chi connectivity index (χ0n) is 32.2. The van der Waals surface area contributed by atoms with E-state index in [-0.39, 0.29) is 19.6 Å². The highest BCUT2D eigenvalue weighted by Gasteiger charge is 2.62. The molecule has 0 bridgehead atoms. The van der Waals surface area contributed by atoms with E-state index in [1.807, 2.05) is 0 Å². The van der Waals surface area contributed by atoms with Gasteiger partial charge in [-0.1, -0.05) is 146 Å². The zero-order valence-corrected chi connectivity index (χ0v) is 40.0. The topological polar surface area (TPSA) is 0 Å². The molecule has 8 aromatic rings. The summed E-state index contributed by atoms with van der Waals surface area (Å²) >= 11 is 30.3. The first-order valence-electron chi connectivity index (χ1n) is 19.4. The Morgan fingerprint density at radius 1 is 0.220 bits per heavy atom. The molecule has 0 saturated heterocycles. The Bertz CT molecular complexity index is 2010. The van der Waals surface area contributed by atoms with Crippen molar-refractivity contribution in [2.45, 2.75) is 10.0 Å².